The highest BCUT2D eigenvalue weighted by Crippen LogP contribution is 2.59. The van der Waals surface area contributed by atoms with Gasteiger partial charge in [-0.05, 0) is 101 Å². The van der Waals surface area contributed by atoms with E-state index < -0.39 is 0 Å². The normalized spacial score (nSPS) is 15.8. The van der Waals surface area contributed by atoms with Crippen molar-refractivity contribution in [1.82, 2.24) is 0 Å². The van der Waals surface area contributed by atoms with Gasteiger partial charge in [0.1, 0.15) is 0 Å². The molecule has 0 unspecified atom stereocenters. The third-order valence-electron chi connectivity index (χ3n) is 9.39. The first-order chi connectivity index (χ1) is 18.4. The van der Waals surface area contributed by atoms with Gasteiger partial charge in [-0.25, -0.2) is 0 Å². The first-order valence-electron chi connectivity index (χ1n) is 13.7. The fourth-order valence-corrected chi connectivity index (χ4v) is 7.36. The van der Waals surface area contributed by atoms with E-state index in [1.54, 1.807) is 0 Å². The molecule has 0 bridgehead atoms. The minimum Gasteiger partial charge on any atom is -0.0622 e. The maximum Gasteiger partial charge on any atom is 0.0159 e. The van der Waals surface area contributed by atoms with Gasteiger partial charge in [-0.2, -0.15) is 0 Å². The minimum atomic E-state index is -0.102. The monoisotopic (exact) mass is 486 g/mol. The number of rotatable bonds is 2. The van der Waals surface area contributed by atoms with Crippen LogP contribution in [0.2, 0.25) is 0 Å². The van der Waals surface area contributed by atoms with Gasteiger partial charge < -0.3 is 0 Å². The summed E-state index contributed by atoms with van der Waals surface area (Å²) in [5.41, 5.74) is 13.6. The van der Waals surface area contributed by atoms with Crippen LogP contribution in [0.15, 0.2) is 109 Å². The van der Waals surface area contributed by atoms with Crippen molar-refractivity contribution in [3.8, 4) is 33.4 Å². The van der Waals surface area contributed by atoms with Gasteiger partial charge in [0.2, 0.25) is 0 Å². The Morgan fingerprint density at radius 2 is 0.763 bits per heavy atom. The summed E-state index contributed by atoms with van der Waals surface area (Å²) in [5.74, 6) is 0. The van der Waals surface area contributed by atoms with Gasteiger partial charge >= 0.3 is 0 Å². The molecule has 0 N–H and O–H groups in total. The number of benzene rings is 6. The second-order valence-electron chi connectivity index (χ2n) is 12.2. The summed E-state index contributed by atoms with van der Waals surface area (Å²) < 4.78 is 0. The molecule has 0 aliphatic heterocycles. The smallest absolute Gasteiger partial charge is 0.0159 e. The van der Waals surface area contributed by atoms with Gasteiger partial charge in [-0.15, -0.1) is 0 Å². The second-order valence-corrected chi connectivity index (χ2v) is 12.2. The molecule has 6 aromatic carbocycles. The third-order valence-corrected chi connectivity index (χ3v) is 9.39. The van der Waals surface area contributed by atoms with Gasteiger partial charge in [0.15, 0.2) is 0 Å². The largest absolute Gasteiger partial charge is 0.0622 e. The maximum atomic E-state index is 2.46. The second kappa shape index (κ2) is 7.23. The van der Waals surface area contributed by atoms with Crippen LogP contribution in [0.3, 0.4) is 0 Å². The van der Waals surface area contributed by atoms with Crippen molar-refractivity contribution < 1.29 is 0 Å². The van der Waals surface area contributed by atoms with E-state index in [1.807, 2.05) is 0 Å². The highest BCUT2D eigenvalue weighted by molar-refractivity contribution is 6.16. The topological polar surface area (TPSA) is 0 Å². The Labute approximate surface area is 224 Å². The van der Waals surface area contributed by atoms with E-state index in [4.69, 9.17) is 0 Å². The maximum absolute atomic E-state index is 2.46. The Bertz CT molecular complexity index is 1790. The molecule has 0 heteroatoms. The van der Waals surface area contributed by atoms with Crippen molar-refractivity contribution in [2.24, 2.45) is 0 Å². The molecule has 0 fully saturated rings. The fourth-order valence-electron chi connectivity index (χ4n) is 7.36. The van der Waals surface area contributed by atoms with Crippen molar-refractivity contribution in [3.05, 3.63) is 131 Å². The molecule has 0 saturated heterocycles. The van der Waals surface area contributed by atoms with Crippen LogP contribution in [-0.2, 0) is 10.8 Å². The molecule has 2 aliphatic rings. The van der Waals surface area contributed by atoms with Gasteiger partial charge in [-0.1, -0.05) is 113 Å². The lowest BCUT2D eigenvalue weighted by molar-refractivity contribution is 0.628. The van der Waals surface area contributed by atoms with Crippen LogP contribution in [0.5, 0.6) is 0 Å². The molecule has 0 amide bonds. The summed E-state index contributed by atoms with van der Waals surface area (Å²) in [6.07, 6.45) is 0. The summed E-state index contributed by atoms with van der Waals surface area (Å²) in [6.45, 7) is 9.67. The average molecular weight is 487 g/mol. The molecule has 38 heavy (non-hydrogen) atoms. The lowest BCUT2D eigenvalue weighted by atomic mass is 9.60. The minimum absolute atomic E-state index is 0.102. The quantitative estimate of drug-likeness (QED) is 0.228. The zero-order valence-electron chi connectivity index (χ0n) is 22.4. The van der Waals surface area contributed by atoms with E-state index in [-0.39, 0.29) is 10.8 Å². The predicted octanol–water partition coefficient (Wildman–Crippen LogP) is 10.3. The Morgan fingerprint density at radius 3 is 1.16 bits per heavy atom. The summed E-state index contributed by atoms with van der Waals surface area (Å²) in [7, 11) is 0. The Hall–Kier alpha value is -4.16. The van der Waals surface area contributed by atoms with E-state index in [2.05, 4.69) is 137 Å². The molecule has 0 atom stereocenters. The van der Waals surface area contributed by atoms with E-state index >= 15 is 0 Å². The molecule has 0 heterocycles. The van der Waals surface area contributed by atoms with E-state index in [9.17, 15) is 0 Å². The molecule has 0 spiro atoms. The van der Waals surface area contributed by atoms with Crippen LogP contribution in [-0.4, -0.2) is 0 Å². The molecule has 0 aromatic heterocycles. The van der Waals surface area contributed by atoms with Gasteiger partial charge in [0.05, 0.1) is 0 Å². The fraction of sp³-hybridized carbons (Fsp3) is 0.158. The molecule has 0 radical (unpaired) electrons. The molecule has 0 saturated carbocycles. The zero-order chi connectivity index (χ0) is 25.8. The molecule has 6 aromatic rings. The number of hydrogen-bond acceptors (Lipinski definition) is 0. The van der Waals surface area contributed by atoms with Crippen LogP contribution >= 0.6 is 0 Å². The summed E-state index contributed by atoms with van der Waals surface area (Å²) in [5, 5.41) is 5.57. The van der Waals surface area contributed by atoms with E-state index in [0.717, 1.165) is 0 Å². The van der Waals surface area contributed by atoms with Crippen molar-refractivity contribution in [2.45, 2.75) is 38.5 Å². The highest BCUT2D eigenvalue weighted by Gasteiger charge is 2.42. The van der Waals surface area contributed by atoms with Crippen molar-refractivity contribution in [3.63, 3.8) is 0 Å². The molecule has 182 valence electrons. The van der Waals surface area contributed by atoms with Crippen LogP contribution in [0.25, 0.3) is 54.9 Å². The SMILES string of the molecule is CC1(C)c2ccc3cc(-c4ccccc4)cc4c3c2-c2c(ccc3cc(-c5ccccc5)cc1c23)C4(C)C. The van der Waals surface area contributed by atoms with Crippen molar-refractivity contribution >= 4 is 21.5 Å². The Balaban J connectivity index is 1.53. The summed E-state index contributed by atoms with van der Waals surface area (Å²) in [4.78, 5) is 0. The van der Waals surface area contributed by atoms with Crippen LogP contribution < -0.4 is 0 Å². The lowest BCUT2D eigenvalue weighted by Gasteiger charge is -2.43. The van der Waals surface area contributed by atoms with Gasteiger partial charge in [-0.3, -0.25) is 0 Å². The standard InChI is InChI=1S/C38H30/c1-37(2)29-17-15-26-20-28(24-13-9-6-10-14-24)22-32-34(26)35(29)36-30(38(32,3)4)18-16-25-19-27(21-31(37)33(25)36)23-11-7-5-8-12-23/h5-22H,1-4H3. The lowest BCUT2D eigenvalue weighted by Crippen LogP contribution is -2.30. The highest BCUT2D eigenvalue weighted by atomic mass is 14.4. The summed E-state index contributed by atoms with van der Waals surface area (Å²) >= 11 is 0. The predicted molar refractivity (Wildman–Crippen MR) is 162 cm³/mol. The molecule has 2 aliphatic carbocycles. The zero-order valence-corrected chi connectivity index (χ0v) is 22.4. The van der Waals surface area contributed by atoms with Crippen LogP contribution in [0.4, 0.5) is 0 Å². The first-order valence-corrected chi connectivity index (χ1v) is 13.7. The molecule has 8 rings (SSSR count). The molecular formula is C38H30. The number of hydrogen-bond donors (Lipinski definition) is 0. The van der Waals surface area contributed by atoms with Gasteiger partial charge in [0.25, 0.3) is 0 Å². The summed E-state index contributed by atoms with van der Waals surface area (Å²) in [6, 6.07) is 40.9. The Morgan fingerprint density at radius 1 is 0.368 bits per heavy atom. The van der Waals surface area contributed by atoms with E-state index in [0.29, 0.717) is 0 Å². The van der Waals surface area contributed by atoms with Gasteiger partial charge in [0, 0.05) is 10.8 Å². The Kier molecular flexibility index (Phi) is 4.17. The average Bonchev–Trinajstić information content (AvgIpc) is 2.94. The van der Waals surface area contributed by atoms with Crippen LogP contribution in [0.1, 0.15) is 49.9 Å². The van der Waals surface area contributed by atoms with E-state index in [1.165, 1.54) is 77.2 Å². The van der Waals surface area contributed by atoms with Crippen molar-refractivity contribution in [2.75, 3.05) is 0 Å². The van der Waals surface area contributed by atoms with Crippen LogP contribution in [0, 0.1) is 0 Å². The molecule has 0 nitrogen and oxygen atoms in total. The first kappa shape index (κ1) is 21.9. The van der Waals surface area contributed by atoms with Crippen molar-refractivity contribution in [1.29, 1.82) is 0 Å². The molecular weight excluding hydrogens is 456 g/mol. The third kappa shape index (κ3) is 2.70.